The lowest BCUT2D eigenvalue weighted by Gasteiger charge is -2.20. The molecule has 0 spiro atoms. The second-order valence-corrected chi connectivity index (χ2v) is 5.77. The maximum absolute atomic E-state index is 12.6. The molecule has 24 heavy (non-hydrogen) atoms. The minimum atomic E-state index is -0.571. The van der Waals surface area contributed by atoms with Gasteiger partial charge in [-0.3, -0.25) is 14.8 Å². The van der Waals surface area contributed by atoms with Crippen LogP contribution < -0.4 is 10.8 Å². The van der Waals surface area contributed by atoms with E-state index in [2.05, 4.69) is 5.32 Å². The molecular weight excluding hydrogens is 304 g/mol. The third kappa shape index (κ3) is 5.21. The highest BCUT2D eigenvalue weighted by molar-refractivity contribution is 5.85. The van der Waals surface area contributed by atoms with Gasteiger partial charge in [0.2, 0.25) is 11.8 Å². The van der Waals surface area contributed by atoms with Crippen LogP contribution in [-0.4, -0.2) is 17.0 Å². The van der Waals surface area contributed by atoms with Crippen molar-refractivity contribution < 1.29 is 14.8 Å². The van der Waals surface area contributed by atoms with Gasteiger partial charge < -0.3 is 5.32 Å². The second kappa shape index (κ2) is 8.84. The van der Waals surface area contributed by atoms with E-state index in [1.165, 1.54) is 0 Å². The Morgan fingerprint density at radius 2 is 1.58 bits per heavy atom. The summed E-state index contributed by atoms with van der Waals surface area (Å²) < 4.78 is 0. The topological polar surface area (TPSA) is 78.4 Å². The molecule has 2 atom stereocenters. The lowest BCUT2D eigenvalue weighted by molar-refractivity contribution is -0.135. The summed E-state index contributed by atoms with van der Waals surface area (Å²) in [4.78, 5) is 24.1. The molecule has 5 nitrogen and oxygen atoms in total. The molecule has 0 saturated heterocycles. The first-order valence-electron chi connectivity index (χ1n) is 7.92. The van der Waals surface area contributed by atoms with Gasteiger partial charge >= 0.3 is 0 Å². The van der Waals surface area contributed by atoms with Crippen LogP contribution in [0, 0.1) is 5.92 Å². The first-order chi connectivity index (χ1) is 11.6. The van der Waals surface area contributed by atoms with Crippen LogP contribution in [0.1, 0.15) is 30.5 Å². The summed E-state index contributed by atoms with van der Waals surface area (Å²) in [6.07, 6.45) is 0.361. The highest BCUT2D eigenvalue weighted by Gasteiger charge is 2.23. The number of amides is 2. The number of carbonyl (C=O) groups is 2. The van der Waals surface area contributed by atoms with Crippen LogP contribution in [0.5, 0.6) is 0 Å². The van der Waals surface area contributed by atoms with Crippen molar-refractivity contribution in [2.75, 3.05) is 0 Å². The van der Waals surface area contributed by atoms with E-state index >= 15 is 0 Å². The lowest BCUT2D eigenvalue weighted by Crippen LogP contribution is -2.36. The number of hydrogen-bond acceptors (Lipinski definition) is 3. The van der Waals surface area contributed by atoms with Gasteiger partial charge in [0.25, 0.3) is 0 Å². The molecule has 2 aromatic carbocycles. The van der Waals surface area contributed by atoms with Crippen molar-refractivity contribution in [1.29, 1.82) is 0 Å². The Hall–Kier alpha value is -2.66. The maximum Gasteiger partial charge on any atom is 0.244 e. The summed E-state index contributed by atoms with van der Waals surface area (Å²) in [6.45, 7) is 1.90. The van der Waals surface area contributed by atoms with E-state index in [9.17, 15) is 9.59 Å². The molecule has 0 radical (unpaired) electrons. The summed E-state index contributed by atoms with van der Waals surface area (Å²) in [5.41, 5.74) is 3.57. The summed E-state index contributed by atoms with van der Waals surface area (Å²) in [6, 6.07) is 19.0. The second-order valence-electron chi connectivity index (χ2n) is 5.77. The predicted molar refractivity (Wildman–Crippen MR) is 91.2 cm³/mol. The van der Waals surface area contributed by atoms with E-state index < -0.39 is 11.8 Å². The van der Waals surface area contributed by atoms with Crippen LogP contribution >= 0.6 is 0 Å². The van der Waals surface area contributed by atoms with Crippen molar-refractivity contribution in [3.05, 3.63) is 71.8 Å². The van der Waals surface area contributed by atoms with Crippen LogP contribution in [0.4, 0.5) is 0 Å². The highest BCUT2D eigenvalue weighted by Crippen LogP contribution is 2.16. The normalized spacial score (nSPS) is 12.9. The highest BCUT2D eigenvalue weighted by atomic mass is 16.5. The van der Waals surface area contributed by atoms with Crippen molar-refractivity contribution >= 4 is 11.8 Å². The van der Waals surface area contributed by atoms with Gasteiger partial charge in [-0.2, -0.15) is 0 Å². The first-order valence-corrected chi connectivity index (χ1v) is 7.92. The van der Waals surface area contributed by atoms with Gasteiger partial charge in [0.1, 0.15) is 0 Å². The van der Waals surface area contributed by atoms with Crippen molar-refractivity contribution in [2.45, 2.75) is 25.8 Å². The largest absolute Gasteiger partial charge is 0.349 e. The third-order valence-corrected chi connectivity index (χ3v) is 3.91. The van der Waals surface area contributed by atoms with E-state index in [4.69, 9.17) is 5.21 Å². The van der Waals surface area contributed by atoms with Crippen molar-refractivity contribution in [3.63, 3.8) is 0 Å². The Balaban J connectivity index is 2.07. The molecule has 1 unspecified atom stereocenters. The molecule has 0 bridgehead atoms. The Labute approximate surface area is 141 Å². The van der Waals surface area contributed by atoms with E-state index in [-0.39, 0.29) is 18.4 Å². The number of nitrogens with one attached hydrogen (secondary N) is 2. The number of benzene rings is 2. The Morgan fingerprint density at radius 1 is 1.00 bits per heavy atom. The number of hydroxylamine groups is 1. The fraction of sp³-hybridized carbons (Fsp3) is 0.263. The fourth-order valence-electron chi connectivity index (χ4n) is 2.58. The smallest absolute Gasteiger partial charge is 0.244 e. The molecule has 0 aliphatic heterocycles. The number of rotatable bonds is 7. The monoisotopic (exact) mass is 326 g/mol. The van der Waals surface area contributed by atoms with E-state index in [0.717, 1.165) is 11.1 Å². The molecule has 2 rings (SSSR count). The standard InChI is InChI=1S/C19H22N2O3/c1-14(16-10-6-3-7-11-16)20-19(23)17(13-18(22)21-24)12-15-8-4-2-5-9-15/h2-11,14,17,24H,12-13H2,1H3,(H,20,23)(H,21,22)/t14-,17?/m0/s1. The lowest BCUT2D eigenvalue weighted by atomic mass is 9.94. The molecule has 0 heterocycles. The third-order valence-electron chi connectivity index (χ3n) is 3.91. The molecule has 0 saturated carbocycles. The van der Waals surface area contributed by atoms with E-state index in [1.54, 1.807) is 5.48 Å². The summed E-state index contributed by atoms with van der Waals surface area (Å²) in [5, 5.41) is 11.7. The minimum absolute atomic E-state index is 0.0707. The Morgan fingerprint density at radius 3 is 2.17 bits per heavy atom. The van der Waals surface area contributed by atoms with Gasteiger partial charge in [0.15, 0.2) is 0 Å². The first kappa shape index (κ1) is 17.7. The van der Waals surface area contributed by atoms with Crippen molar-refractivity contribution in [3.8, 4) is 0 Å². The van der Waals surface area contributed by atoms with Gasteiger partial charge in [0.05, 0.1) is 12.0 Å². The molecule has 2 aromatic rings. The zero-order chi connectivity index (χ0) is 17.4. The number of carbonyl (C=O) groups excluding carboxylic acids is 2. The Bertz CT molecular complexity index is 659. The van der Waals surface area contributed by atoms with Crippen LogP contribution in [0.2, 0.25) is 0 Å². The van der Waals surface area contributed by atoms with E-state index in [1.807, 2.05) is 67.6 Å². The average molecular weight is 326 g/mol. The molecule has 0 aliphatic carbocycles. The minimum Gasteiger partial charge on any atom is -0.349 e. The molecule has 126 valence electrons. The molecule has 5 heteroatoms. The average Bonchev–Trinajstić information content (AvgIpc) is 2.62. The SMILES string of the molecule is C[C@H](NC(=O)C(CC(=O)NO)Cc1ccccc1)c1ccccc1. The van der Waals surface area contributed by atoms with Gasteiger partial charge in [-0.1, -0.05) is 60.7 Å². The summed E-state index contributed by atoms with van der Waals surface area (Å²) in [5.74, 6) is -1.33. The summed E-state index contributed by atoms with van der Waals surface area (Å²) >= 11 is 0. The maximum atomic E-state index is 12.6. The van der Waals surface area contributed by atoms with Crippen molar-refractivity contribution in [2.24, 2.45) is 5.92 Å². The van der Waals surface area contributed by atoms with E-state index in [0.29, 0.717) is 6.42 Å². The van der Waals surface area contributed by atoms with Gasteiger partial charge in [-0.25, -0.2) is 5.48 Å². The quantitative estimate of drug-likeness (QED) is 0.540. The zero-order valence-electron chi connectivity index (χ0n) is 13.6. The Kier molecular flexibility index (Phi) is 6.51. The predicted octanol–water partition coefficient (Wildman–Crippen LogP) is 2.62. The molecule has 0 fully saturated rings. The fourth-order valence-corrected chi connectivity index (χ4v) is 2.58. The van der Waals surface area contributed by atoms with Crippen LogP contribution in [0.15, 0.2) is 60.7 Å². The molecular formula is C19H22N2O3. The molecule has 2 amide bonds. The molecule has 0 aromatic heterocycles. The van der Waals surface area contributed by atoms with Gasteiger partial charge in [-0.15, -0.1) is 0 Å². The van der Waals surface area contributed by atoms with Crippen LogP contribution in [0.3, 0.4) is 0 Å². The number of hydrogen-bond donors (Lipinski definition) is 3. The van der Waals surface area contributed by atoms with Crippen LogP contribution in [0.25, 0.3) is 0 Å². The molecule has 0 aliphatic rings. The summed E-state index contributed by atoms with van der Waals surface area (Å²) in [7, 11) is 0. The zero-order valence-corrected chi connectivity index (χ0v) is 13.6. The van der Waals surface area contributed by atoms with Crippen molar-refractivity contribution in [1.82, 2.24) is 10.8 Å². The van der Waals surface area contributed by atoms with Gasteiger partial charge in [-0.05, 0) is 24.5 Å². The van der Waals surface area contributed by atoms with Crippen LogP contribution in [-0.2, 0) is 16.0 Å². The molecule has 3 N–H and O–H groups in total. The van der Waals surface area contributed by atoms with Gasteiger partial charge in [0, 0.05) is 6.42 Å².